The zero-order valence-corrected chi connectivity index (χ0v) is 12.1. The number of nitrogen functional groups attached to an aromatic ring is 1. The molecule has 0 atom stereocenters. The maximum atomic E-state index is 12.1. The summed E-state index contributed by atoms with van der Waals surface area (Å²) in [4.78, 5) is 17.2. The van der Waals surface area contributed by atoms with E-state index < -0.39 is 9.84 Å². The van der Waals surface area contributed by atoms with Crippen molar-refractivity contribution in [3.63, 3.8) is 0 Å². The van der Waals surface area contributed by atoms with E-state index in [4.69, 9.17) is 17.4 Å². The van der Waals surface area contributed by atoms with E-state index in [0.29, 0.717) is 0 Å². The highest BCUT2D eigenvalue weighted by Crippen LogP contribution is 2.15. The predicted octanol–water partition coefficient (Wildman–Crippen LogP) is 0.137. The summed E-state index contributed by atoms with van der Waals surface area (Å²) in [6, 6.07) is 2.83. The lowest BCUT2D eigenvalue weighted by atomic mass is 10.2. The predicted molar refractivity (Wildman–Crippen MR) is 73.7 cm³/mol. The van der Waals surface area contributed by atoms with Crippen LogP contribution in [0.15, 0.2) is 12.1 Å². The number of nitrogens with two attached hydrogens (primary N) is 1. The van der Waals surface area contributed by atoms with Crippen molar-refractivity contribution in [2.75, 3.05) is 31.0 Å². The molecule has 9 heteroatoms. The molecule has 7 nitrogen and oxygen atoms in total. The number of anilines is 1. The van der Waals surface area contributed by atoms with Crippen LogP contribution in [-0.2, 0) is 9.84 Å². The van der Waals surface area contributed by atoms with Gasteiger partial charge in [0.05, 0.1) is 5.75 Å². The van der Waals surface area contributed by atoms with Gasteiger partial charge in [0.2, 0.25) is 0 Å². The highest BCUT2D eigenvalue weighted by Gasteiger charge is 2.15. The first kappa shape index (κ1) is 15.7. The number of hydrazine groups is 1. The van der Waals surface area contributed by atoms with E-state index in [1.165, 1.54) is 24.1 Å². The van der Waals surface area contributed by atoms with Crippen LogP contribution in [0.5, 0.6) is 0 Å². The molecule has 1 amide bonds. The van der Waals surface area contributed by atoms with Gasteiger partial charge in [0.15, 0.2) is 0 Å². The normalized spacial score (nSPS) is 11.2. The second-order valence-corrected chi connectivity index (χ2v) is 6.71. The van der Waals surface area contributed by atoms with E-state index in [9.17, 15) is 13.2 Å². The van der Waals surface area contributed by atoms with Crippen molar-refractivity contribution in [2.24, 2.45) is 5.84 Å². The number of nitrogens with one attached hydrogen (secondary N) is 1. The minimum Gasteiger partial charge on any atom is -0.341 e. The quantitative estimate of drug-likeness (QED) is 0.455. The third kappa shape index (κ3) is 5.01. The van der Waals surface area contributed by atoms with Gasteiger partial charge in [0, 0.05) is 25.4 Å². The van der Waals surface area contributed by atoms with Crippen LogP contribution in [0, 0.1) is 0 Å². The Hall–Kier alpha value is -1.38. The molecule has 0 fully saturated rings. The molecular weight excluding hydrogens is 292 g/mol. The molecule has 0 aliphatic heterocycles. The highest BCUT2D eigenvalue weighted by molar-refractivity contribution is 7.90. The summed E-state index contributed by atoms with van der Waals surface area (Å²) in [6.45, 7) is 0.100. The van der Waals surface area contributed by atoms with Crippen molar-refractivity contribution < 1.29 is 13.2 Å². The maximum Gasteiger partial charge on any atom is 0.253 e. The number of sulfone groups is 1. The molecule has 0 saturated carbocycles. The van der Waals surface area contributed by atoms with Gasteiger partial charge in [-0.1, -0.05) is 11.6 Å². The Labute approximate surface area is 116 Å². The van der Waals surface area contributed by atoms with Crippen molar-refractivity contribution >= 4 is 33.2 Å². The van der Waals surface area contributed by atoms with Crippen LogP contribution in [-0.4, -0.2) is 49.8 Å². The fourth-order valence-corrected chi connectivity index (χ4v) is 2.13. The molecule has 106 valence electrons. The van der Waals surface area contributed by atoms with Crippen molar-refractivity contribution in [3.8, 4) is 0 Å². The molecule has 1 rings (SSSR count). The number of pyridine rings is 1. The van der Waals surface area contributed by atoms with Gasteiger partial charge in [-0.3, -0.25) is 4.79 Å². The van der Waals surface area contributed by atoms with Crippen LogP contribution in [0.3, 0.4) is 0 Å². The highest BCUT2D eigenvalue weighted by atomic mass is 35.5. The van der Waals surface area contributed by atoms with Gasteiger partial charge in [-0.25, -0.2) is 19.2 Å². The first-order valence-corrected chi connectivity index (χ1v) is 7.74. The molecule has 1 aromatic rings. The lowest BCUT2D eigenvalue weighted by Gasteiger charge is -2.17. The Bertz CT molecular complexity index is 576. The zero-order valence-electron chi connectivity index (χ0n) is 10.6. The van der Waals surface area contributed by atoms with Crippen LogP contribution in [0.4, 0.5) is 5.82 Å². The first-order chi connectivity index (χ1) is 8.73. The molecular formula is C10H15ClN4O3S. The van der Waals surface area contributed by atoms with Gasteiger partial charge < -0.3 is 10.3 Å². The van der Waals surface area contributed by atoms with Gasteiger partial charge in [-0.15, -0.1) is 0 Å². The minimum atomic E-state index is -3.12. The molecule has 0 radical (unpaired) electrons. The van der Waals surface area contributed by atoms with Crippen molar-refractivity contribution in [2.45, 2.75) is 0 Å². The number of carbonyl (C=O) groups excluding carboxylic acids is 1. The topological polar surface area (TPSA) is 105 Å². The van der Waals surface area contributed by atoms with Gasteiger partial charge in [0.1, 0.15) is 20.8 Å². The molecule has 1 aromatic heterocycles. The van der Waals surface area contributed by atoms with E-state index in [-0.39, 0.29) is 34.7 Å². The number of aromatic nitrogens is 1. The fourth-order valence-electron chi connectivity index (χ4n) is 1.32. The third-order valence-corrected chi connectivity index (χ3v) is 3.45. The number of carbonyl (C=O) groups is 1. The number of rotatable bonds is 5. The average molecular weight is 307 g/mol. The number of hydrogen-bond donors (Lipinski definition) is 2. The molecule has 0 saturated heterocycles. The summed E-state index contributed by atoms with van der Waals surface area (Å²) < 4.78 is 22.1. The Kier molecular flexibility index (Phi) is 5.10. The molecule has 0 aromatic carbocycles. The Balaban J connectivity index is 2.85. The van der Waals surface area contributed by atoms with E-state index in [1.807, 2.05) is 0 Å². The smallest absolute Gasteiger partial charge is 0.253 e. The van der Waals surface area contributed by atoms with Crippen LogP contribution in [0.25, 0.3) is 0 Å². The monoisotopic (exact) mass is 306 g/mol. The van der Waals surface area contributed by atoms with Gasteiger partial charge in [0.25, 0.3) is 5.91 Å². The van der Waals surface area contributed by atoms with Crippen LogP contribution in [0.2, 0.25) is 5.15 Å². The molecule has 3 N–H and O–H groups in total. The van der Waals surface area contributed by atoms with Crippen molar-refractivity contribution in [3.05, 3.63) is 22.8 Å². The summed E-state index contributed by atoms with van der Waals surface area (Å²) in [7, 11) is -1.61. The summed E-state index contributed by atoms with van der Waals surface area (Å²) in [6.07, 6.45) is 1.12. The van der Waals surface area contributed by atoms with Crippen molar-refractivity contribution in [1.82, 2.24) is 9.88 Å². The van der Waals surface area contributed by atoms with Gasteiger partial charge in [-0.2, -0.15) is 0 Å². The zero-order chi connectivity index (χ0) is 14.6. The molecule has 19 heavy (non-hydrogen) atoms. The molecule has 0 bridgehead atoms. The van der Waals surface area contributed by atoms with Gasteiger partial charge >= 0.3 is 0 Å². The summed E-state index contributed by atoms with van der Waals surface area (Å²) in [5, 5.41) is 0.121. The average Bonchev–Trinajstić information content (AvgIpc) is 2.33. The standard InChI is InChI=1S/C10H15ClN4O3S/c1-15(3-4-19(2,17)18)10(16)7-5-8(11)13-9(6-7)14-12/h5-6H,3-4,12H2,1-2H3,(H,13,14). The van der Waals surface area contributed by atoms with Crippen LogP contribution >= 0.6 is 11.6 Å². The second kappa shape index (κ2) is 6.18. The van der Waals surface area contributed by atoms with Crippen LogP contribution < -0.4 is 11.3 Å². The summed E-state index contributed by atoms with van der Waals surface area (Å²) in [5.41, 5.74) is 2.58. The third-order valence-electron chi connectivity index (χ3n) is 2.33. The van der Waals surface area contributed by atoms with Crippen LogP contribution in [0.1, 0.15) is 10.4 Å². The molecule has 0 unspecified atom stereocenters. The van der Waals surface area contributed by atoms with Gasteiger partial charge in [-0.05, 0) is 12.1 Å². The van der Waals surface area contributed by atoms with Crippen molar-refractivity contribution in [1.29, 1.82) is 0 Å². The molecule has 1 heterocycles. The summed E-state index contributed by atoms with van der Waals surface area (Å²) >= 11 is 5.75. The van der Waals surface area contributed by atoms with E-state index >= 15 is 0 Å². The van der Waals surface area contributed by atoms with E-state index in [1.54, 1.807) is 0 Å². The minimum absolute atomic E-state index is 0.100. The lowest BCUT2D eigenvalue weighted by Crippen LogP contribution is -2.31. The Morgan fingerprint density at radius 1 is 1.53 bits per heavy atom. The molecule has 0 aliphatic rings. The molecule has 0 spiro atoms. The Morgan fingerprint density at radius 2 is 2.16 bits per heavy atom. The number of amides is 1. The number of nitrogens with zero attached hydrogens (tertiary/aromatic N) is 2. The largest absolute Gasteiger partial charge is 0.341 e. The summed E-state index contributed by atoms with van der Waals surface area (Å²) in [5.74, 6) is 5.00. The van der Waals surface area contributed by atoms with E-state index in [2.05, 4.69) is 10.4 Å². The number of hydrogen-bond acceptors (Lipinski definition) is 6. The fraction of sp³-hybridized carbons (Fsp3) is 0.400. The Morgan fingerprint density at radius 3 is 2.68 bits per heavy atom. The molecule has 0 aliphatic carbocycles. The first-order valence-electron chi connectivity index (χ1n) is 5.30. The second-order valence-electron chi connectivity index (χ2n) is 4.06. The lowest BCUT2D eigenvalue weighted by molar-refractivity contribution is 0.0803. The maximum absolute atomic E-state index is 12.1. The van der Waals surface area contributed by atoms with E-state index in [0.717, 1.165) is 6.26 Å². The SMILES string of the molecule is CN(CCS(C)(=O)=O)C(=O)c1cc(Cl)nc(NN)c1. The number of halogens is 1.